The molecule has 0 bridgehead atoms. The van der Waals surface area contributed by atoms with Crippen LogP contribution in [0.2, 0.25) is 0 Å². The van der Waals surface area contributed by atoms with Crippen molar-refractivity contribution in [3.63, 3.8) is 0 Å². The van der Waals surface area contributed by atoms with Gasteiger partial charge in [0.1, 0.15) is 4.90 Å². The van der Waals surface area contributed by atoms with Gasteiger partial charge in [-0.15, -0.1) is 0 Å². The van der Waals surface area contributed by atoms with E-state index in [-0.39, 0.29) is 22.0 Å². The maximum absolute atomic E-state index is 12.0. The third-order valence-corrected chi connectivity index (χ3v) is 3.70. The molecule has 10 heteroatoms. The van der Waals surface area contributed by atoms with Crippen molar-refractivity contribution < 1.29 is 13.3 Å². The molecule has 1 heterocycles. The standard InChI is InChI=1S/C9H9N5O4S/c10-8-3-7(14(15)16)1-2-9(8)19(17,18)13-6-4-11-12-5-6/h1-5,13H,10H2,(H,11,12). The van der Waals surface area contributed by atoms with Gasteiger partial charge >= 0.3 is 0 Å². The number of anilines is 2. The Kier molecular flexibility index (Phi) is 3.09. The number of nitrogens with one attached hydrogen (secondary N) is 2. The number of sulfonamides is 1. The van der Waals surface area contributed by atoms with Crippen molar-refractivity contribution in [3.05, 3.63) is 40.7 Å². The number of aromatic nitrogens is 2. The first-order valence-electron chi connectivity index (χ1n) is 4.95. The number of hydrogen-bond donors (Lipinski definition) is 3. The van der Waals surface area contributed by atoms with E-state index in [1.54, 1.807) is 0 Å². The van der Waals surface area contributed by atoms with E-state index in [9.17, 15) is 18.5 Å². The van der Waals surface area contributed by atoms with Gasteiger partial charge in [-0.25, -0.2) is 8.42 Å². The van der Waals surface area contributed by atoms with Crippen LogP contribution in [0.4, 0.5) is 17.1 Å². The number of H-pyrrole nitrogens is 1. The van der Waals surface area contributed by atoms with Crippen molar-refractivity contribution in [1.82, 2.24) is 10.2 Å². The first kappa shape index (κ1) is 12.8. The molecule has 19 heavy (non-hydrogen) atoms. The third kappa shape index (κ3) is 2.63. The number of benzene rings is 1. The summed E-state index contributed by atoms with van der Waals surface area (Å²) in [6.45, 7) is 0. The smallest absolute Gasteiger partial charge is 0.271 e. The average Bonchev–Trinajstić information content (AvgIpc) is 2.80. The summed E-state index contributed by atoms with van der Waals surface area (Å²) in [4.78, 5) is 9.65. The molecule has 0 radical (unpaired) electrons. The van der Waals surface area contributed by atoms with Crippen LogP contribution < -0.4 is 10.5 Å². The molecule has 0 aliphatic rings. The number of nitrogens with two attached hydrogens (primary N) is 1. The molecule has 0 saturated heterocycles. The molecule has 1 aromatic heterocycles. The Bertz CT molecular complexity index is 710. The highest BCUT2D eigenvalue weighted by Crippen LogP contribution is 2.25. The lowest BCUT2D eigenvalue weighted by atomic mass is 10.3. The van der Waals surface area contributed by atoms with Crippen LogP contribution >= 0.6 is 0 Å². The van der Waals surface area contributed by atoms with E-state index in [4.69, 9.17) is 5.73 Å². The molecule has 0 fully saturated rings. The molecule has 0 spiro atoms. The van der Waals surface area contributed by atoms with Crippen molar-refractivity contribution in [2.24, 2.45) is 0 Å². The van der Waals surface area contributed by atoms with Crippen LogP contribution in [0.5, 0.6) is 0 Å². The Balaban J connectivity index is 2.38. The van der Waals surface area contributed by atoms with Crippen LogP contribution in [0.1, 0.15) is 0 Å². The minimum absolute atomic E-state index is 0.204. The van der Waals surface area contributed by atoms with E-state index in [1.807, 2.05) is 0 Å². The molecule has 0 aliphatic carbocycles. The fourth-order valence-corrected chi connectivity index (χ4v) is 2.56. The fraction of sp³-hybridized carbons (Fsp3) is 0. The van der Waals surface area contributed by atoms with Crippen molar-refractivity contribution in [2.75, 3.05) is 10.5 Å². The second-order valence-corrected chi connectivity index (χ2v) is 5.22. The van der Waals surface area contributed by atoms with Gasteiger partial charge in [-0.1, -0.05) is 0 Å². The third-order valence-electron chi connectivity index (χ3n) is 2.24. The Morgan fingerprint density at radius 2 is 2.16 bits per heavy atom. The highest BCUT2D eigenvalue weighted by molar-refractivity contribution is 7.92. The Morgan fingerprint density at radius 1 is 1.42 bits per heavy atom. The van der Waals surface area contributed by atoms with E-state index in [1.165, 1.54) is 12.4 Å². The predicted molar refractivity (Wildman–Crippen MR) is 66.9 cm³/mol. The molecule has 0 aliphatic heterocycles. The molecule has 0 atom stereocenters. The average molecular weight is 283 g/mol. The zero-order valence-corrected chi connectivity index (χ0v) is 10.2. The van der Waals surface area contributed by atoms with Crippen LogP contribution in [0, 0.1) is 10.1 Å². The van der Waals surface area contributed by atoms with Gasteiger partial charge < -0.3 is 5.73 Å². The number of non-ortho nitro benzene ring substituents is 1. The van der Waals surface area contributed by atoms with E-state index in [0.29, 0.717) is 0 Å². The highest BCUT2D eigenvalue weighted by atomic mass is 32.2. The summed E-state index contributed by atoms with van der Waals surface area (Å²) in [6, 6.07) is 3.14. The predicted octanol–water partition coefficient (Wildman–Crippen LogP) is 0.701. The van der Waals surface area contributed by atoms with Gasteiger partial charge in [-0.05, 0) is 6.07 Å². The number of nitrogens with zero attached hydrogens (tertiary/aromatic N) is 2. The van der Waals surface area contributed by atoms with Crippen molar-refractivity contribution in [3.8, 4) is 0 Å². The summed E-state index contributed by atoms with van der Waals surface area (Å²) < 4.78 is 26.2. The van der Waals surface area contributed by atoms with Crippen molar-refractivity contribution in [2.45, 2.75) is 4.90 Å². The van der Waals surface area contributed by atoms with Crippen LogP contribution in [-0.4, -0.2) is 23.5 Å². The van der Waals surface area contributed by atoms with Crippen molar-refractivity contribution in [1.29, 1.82) is 0 Å². The second kappa shape index (κ2) is 4.57. The number of nitrogen functional groups attached to an aromatic ring is 1. The first-order valence-corrected chi connectivity index (χ1v) is 6.44. The largest absolute Gasteiger partial charge is 0.397 e. The quantitative estimate of drug-likeness (QED) is 0.428. The molecule has 1 aromatic carbocycles. The molecule has 0 unspecified atom stereocenters. The molecular weight excluding hydrogens is 274 g/mol. The molecule has 2 aromatic rings. The van der Waals surface area contributed by atoms with Crippen LogP contribution in [0.3, 0.4) is 0 Å². The minimum atomic E-state index is -3.91. The highest BCUT2D eigenvalue weighted by Gasteiger charge is 2.20. The van der Waals surface area contributed by atoms with E-state index < -0.39 is 14.9 Å². The van der Waals surface area contributed by atoms with Gasteiger partial charge in [0.2, 0.25) is 0 Å². The maximum atomic E-state index is 12.0. The summed E-state index contributed by atoms with van der Waals surface area (Å²) in [5, 5.41) is 16.6. The van der Waals surface area contributed by atoms with E-state index >= 15 is 0 Å². The van der Waals surface area contributed by atoms with Gasteiger partial charge in [0.25, 0.3) is 15.7 Å². The Morgan fingerprint density at radius 3 is 2.68 bits per heavy atom. The monoisotopic (exact) mass is 283 g/mol. The van der Waals surface area contributed by atoms with Crippen LogP contribution in [0.15, 0.2) is 35.5 Å². The lowest BCUT2D eigenvalue weighted by Gasteiger charge is -2.08. The summed E-state index contributed by atoms with van der Waals surface area (Å²) in [7, 11) is -3.91. The molecule has 0 amide bonds. The van der Waals surface area contributed by atoms with Crippen LogP contribution in [-0.2, 0) is 10.0 Å². The minimum Gasteiger partial charge on any atom is -0.397 e. The van der Waals surface area contributed by atoms with E-state index in [2.05, 4.69) is 14.9 Å². The second-order valence-electron chi connectivity index (χ2n) is 3.57. The number of aromatic amines is 1. The van der Waals surface area contributed by atoms with Crippen molar-refractivity contribution >= 4 is 27.1 Å². The number of nitro benzene ring substituents is 1. The summed E-state index contributed by atoms with van der Waals surface area (Å²) in [5.74, 6) is 0. The lowest BCUT2D eigenvalue weighted by Crippen LogP contribution is -2.14. The SMILES string of the molecule is Nc1cc([N+](=O)[O-])ccc1S(=O)(=O)Nc1cn[nH]c1. The zero-order valence-electron chi connectivity index (χ0n) is 9.40. The number of nitro groups is 1. The Hall–Kier alpha value is -2.62. The molecule has 0 saturated carbocycles. The fourth-order valence-electron chi connectivity index (χ4n) is 1.41. The maximum Gasteiger partial charge on any atom is 0.271 e. The topological polar surface area (TPSA) is 144 Å². The zero-order chi connectivity index (χ0) is 14.0. The number of rotatable bonds is 4. The Labute approximate surface area is 107 Å². The van der Waals surface area contributed by atoms with Gasteiger partial charge in [-0.2, -0.15) is 5.10 Å². The summed E-state index contributed by atoms with van der Waals surface area (Å²) >= 11 is 0. The van der Waals surface area contributed by atoms with Crippen LogP contribution in [0.25, 0.3) is 0 Å². The lowest BCUT2D eigenvalue weighted by molar-refractivity contribution is -0.384. The molecule has 9 nitrogen and oxygen atoms in total. The summed E-state index contributed by atoms with van der Waals surface area (Å²) in [6.07, 6.45) is 2.62. The molecule has 2 rings (SSSR count). The molecule has 4 N–H and O–H groups in total. The normalized spacial score (nSPS) is 11.2. The number of hydrogen-bond acceptors (Lipinski definition) is 6. The van der Waals surface area contributed by atoms with Gasteiger partial charge in [0.05, 0.1) is 22.5 Å². The molecule has 100 valence electrons. The van der Waals surface area contributed by atoms with E-state index in [0.717, 1.165) is 18.2 Å². The van der Waals surface area contributed by atoms with Gasteiger partial charge in [0.15, 0.2) is 0 Å². The first-order chi connectivity index (χ1) is 8.90. The van der Waals surface area contributed by atoms with Gasteiger partial charge in [0, 0.05) is 18.3 Å². The van der Waals surface area contributed by atoms with Gasteiger partial charge in [-0.3, -0.25) is 19.9 Å². The molecular formula is C9H9N5O4S. The summed E-state index contributed by atoms with van der Waals surface area (Å²) in [5.41, 5.74) is 5.28.